The van der Waals surface area contributed by atoms with Gasteiger partial charge in [-0.05, 0) is 48.4 Å². The molecule has 1 aromatic rings. The zero-order valence-electron chi connectivity index (χ0n) is 9.17. The van der Waals surface area contributed by atoms with Crippen molar-refractivity contribution in [2.45, 2.75) is 38.5 Å². The van der Waals surface area contributed by atoms with Gasteiger partial charge in [0.2, 0.25) is 0 Å². The van der Waals surface area contributed by atoms with Gasteiger partial charge in [-0.3, -0.25) is 0 Å². The molecular weight excluding hydrogens is 189 g/mol. The number of hydrogen-bond donors (Lipinski definition) is 1. The molecule has 0 atom stereocenters. The van der Waals surface area contributed by atoms with Gasteiger partial charge in [-0.2, -0.15) is 0 Å². The highest BCUT2D eigenvalue weighted by Crippen LogP contribution is 2.37. The number of benzene rings is 1. The predicted octanol–water partition coefficient (Wildman–Crippen LogP) is 3.70. The largest absolute Gasteiger partial charge is 0.398 e. The third kappa shape index (κ3) is 2.31. The molecule has 0 bridgehead atoms. The standard InChI is InChI=1S/C13H18FN/c1-9-2-4-10(5-3-9)12-8-11(14)6-7-13(12)15/h6-10H,2-5,15H2,1H3. The maximum Gasteiger partial charge on any atom is 0.123 e. The second-order valence-electron chi connectivity index (χ2n) is 4.73. The molecule has 0 unspecified atom stereocenters. The summed E-state index contributed by atoms with van der Waals surface area (Å²) >= 11 is 0. The summed E-state index contributed by atoms with van der Waals surface area (Å²) in [6, 6.07) is 4.73. The van der Waals surface area contributed by atoms with Gasteiger partial charge in [0.25, 0.3) is 0 Å². The SMILES string of the molecule is CC1CCC(c2cc(F)ccc2N)CC1. The Morgan fingerprint density at radius 1 is 1.20 bits per heavy atom. The van der Waals surface area contributed by atoms with Gasteiger partial charge in [0, 0.05) is 5.69 Å². The van der Waals surface area contributed by atoms with Gasteiger partial charge in [0.05, 0.1) is 0 Å². The van der Waals surface area contributed by atoms with Gasteiger partial charge < -0.3 is 5.73 Å². The van der Waals surface area contributed by atoms with Crippen molar-refractivity contribution < 1.29 is 4.39 Å². The van der Waals surface area contributed by atoms with Gasteiger partial charge in [-0.25, -0.2) is 4.39 Å². The first-order valence-corrected chi connectivity index (χ1v) is 5.71. The topological polar surface area (TPSA) is 26.0 Å². The van der Waals surface area contributed by atoms with Crippen LogP contribution in [0.3, 0.4) is 0 Å². The van der Waals surface area contributed by atoms with Crippen molar-refractivity contribution in [3.63, 3.8) is 0 Å². The maximum atomic E-state index is 13.1. The number of nitrogens with two attached hydrogens (primary N) is 1. The van der Waals surface area contributed by atoms with Crippen molar-refractivity contribution in [3.8, 4) is 0 Å². The first-order chi connectivity index (χ1) is 7.16. The van der Waals surface area contributed by atoms with Crippen molar-refractivity contribution in [1.29, 1.82) is 0 Å². The first-order valence-electron chi connectivity index (χ1n) is 5.71. The molecule has 0 amide bonds. The molecule has 0 aromatic heterocycles. The molecule has 1 aliphatic rings. The Labute approximate surface area is 90.5 Å². The minimum atomic E-state index is -0.169. The van der Waals surface area contributed by atoms with Crippen LogP contribution in [-0.2, 0) is 0 Å². The van der Waals surface area contributed by atoms with Crippen LogP contribution >= 0.6 is 0 Å². The molecule has 2 rings (SSSR count). The quantitative estimate of drug-likeness (QED) is 0.698. The third-order valence-electron chi connectivity index (χ3n) is 3.50. The summed E-state index contributed by atoms with van der Waals surface area (Å²) in [4.78, 5) is 0. The number of hydrogen-bond acceptors (Lipinski definition) is 1. The van der Waals surface area contributed by atoms with Crippen molar-refractivity contribution >= 4 is 5.69 Å². The zero-order chi connectivity index (χ0) is 10.8. The van der Waals surface area contributed by atoms with E-state index in [2.05, 4.69) is 6.92 Å². The highest BCUT2D eigenvalue weighted by molar-refractivity contribution is 5.48. The highest BCUT2D eigenvalue weighted by Gasteiger charge is 2.21. The fourth-order valence-electron chi connectivity index (χ4n) is 2.47. The van der Waals surface area contributed by atoms with Gasteiger partial charge >= 0.3 is 0 Å². The summed E-state index contributed by atoms with van der Waals surface area (Å²) in [7, 11) is 0. The van der Waals surface area contributed by atoms with Gasteiger partial charge in [-0.15, -0.1) is 0 Å². The van der Waals surface area contributed by atoms with Crippen molar-refractivity contribution in [1.82, 2.24) is 0 Å². The zero-order valence-corrected chi connectivity index (χ0v) is 9.17. The summed E-state index contributed by atoms with van der Waals surface area (Å²) in [6.45, 7) is 2.28. The summed E-state index contributed by atoms with van der Waals surface area (Å²) < 4.78 is 13.1. The molecule has 0 aliphatic heterocycles. The van der Waals surface area contributed by atoms with E-state index in [1.165, 1.54) is 18.9 Å². The van der Waals surface area contributed by atoms with Crippen LogP contribution in [0.25, 0.3) is 0 Å². The summed E-state index contributed by atoms with van der Waals surface area (Å²) in [5.41, 5.74) is 7.65. The van der Waals surface area contributed by atoms with E-state index in [9.17, 15) is 4.39 Å². The Morgan fingerprint density at radius 3 is 2.53 bits per heavy atom. The molecule has 1 aliphatic carbocycles. The van der Waals surface area contributed by atoms with Crippen LogP contribution in [0.5, 0.6) is 0 Å². The summed E-state index contributed by atoms with van der Waals surface area (Å²) in [5, 5.41) is 0. The molecule has 1 aromatic carbocycles. The maximum absolute atomic E-state index is 13.1. The first kappa shape index (κ1) is 10.5. The lowest BCUT2D eigenvalue weighted by Crippen LogP contribution is -2.12. The normalized spacial score (nSPS) is 26.5. The molecule has 2 N–H and O–H groups in total. The van der Waals surface area contributed by atoms with E-state index in [-0.39, 0.29) is 5.82 Å². The molecule has 0 spiro atoms. The number of anilines is 1. The van der Waals surface area contributed by atoms with Crippen LogP contribution in [-0.4, -0.2) is 0 Å². The van der Waals surface area contributed by atoms with Crippen molar-refractivity contribution in [2.75, 3.05) is 5.73 Å². The minimum Gasteiger partial charge on any atom is -0.398 e. The smallest absolute Gasteiger partial charge is 0.123 e. The highest BCUT2D eigenvalue weighted by atomic mass is 19.1. The predicted molar refractivity (Wildman–Crippen MR) is 61.2 cm³/mol. The lowest BCUT2D eigenvalue weighted by molar-refractivity contribution is 0.348. The van der Waals surface area contributed by atoms with E-state index >= 15 is 0 Å². The number of nitrogen functional groups attached to an aromatic ring is 1. The van der Waals surface area contributed by atoms with E-state index in [0.29, 0.717) is 5.92 Å². The molecule has 82 valence electrons. The van der Waals surface area contributed by atoms with Crippen LogP contribution in [0, 0.1) is 11.7 Å². The number of halogens is 1. The molecule has 1 saturated carbocycles. The molecule has 15 heavy (non-hydrogen) atoms. The second-order valence-corrected chi connectivity index (χ2v) is 4.73. The Balaban J connectivity index is 2.18. The monoisotopic (exact) mass is 207 g/mol. The van der Waals surface area contributed by atoms with Crippen LogP contribution in [0.1, 0.15) is 44.1 Å². The molecule has 2 heteroatoms. The Morgan fingerprint density at radius 2 is 1.87 bits per heavy atom. The molecule has 0 heterocycles. The van der Waals surface area contributed by atoms with Crippen molar-refractivity contribution in [3.05, 3.63) is 29.6 Å². The molecule has 1 nitrogen and oxygen atoms in total. The molecule has 1 fully saturated rings. The minimum absolute atomic E-state index is 0.169. The van der Waals surface area contributed by atoms with Gasteiger partial charge in [0.1, 0.15) is 5.82 Å². The second kappa shape index (κ2) is 4.21. The van der Waals surface area contributed by atoms with Crippen LogP contribution in [0.15, 0.2) is 18.2 Å². The van der Waals surface area contributed by atoms with E-state index in [1.54, 1.807) is 12.1 Å². The Hall–Kier alpha value is -1.05. The third-order valence-corrected chi connectivity index (χ3v) is 3.50. The molecular formula is C13H18FN. The lowest BCUT2D eigenvalue weighted by Gasteiger charge is -2.27. The Bertz CT molecular complexity index is 340. The van der Waals surface area contributed by atoms with E-state index < -0.39 is 0 Å². The Kier molecular flexibility index (Phi) is 2.94. The van der Waals surface area contributed by atoms with Crippen molar-refractivity contribution in [2.24, 2.45) is 5.92 Å². The molecule has 0 saturated heterocycles. The summed E-state index contributed by atoms with van der Waals surface area (Å²) in [6.07, 6.45) is 4.77. The number of rotatable bonds is 1. The molecule has 0 radical (unpaired) electrons. The van der Waals surface area contributed by atoms with Crippen LogP contribution < -0.4 is 5.73 Å². The summed E-state index contributed by atoms with van der Waals surface area (Å²) in [5.74, 6) is 1.12. The van der Waals surface area contributed by atoms with E-state index in [0.717, 1.165) is 30.0 Å². The average Bonchev–Trinajstić information content (AvgIpc) is 2.23. The van der Waals surface area contributed by atoms with E-state index in [1.807, 2.05) is 0 Å². The fourth-order valence-corrected chi connectivity index (χ4v) is 2.47. The van der Waals surface area contributed by atoms with Gasteiger partial charge in [0.15, 0.2) is 0 Å². The van der Waals surface area contributed by atoms with Crippen LogP contribution in [0.4, 0.5) is 10.1 Å². The lowest BCUT2D eigenvalue weighted by atomic mass is 9.79. The average molecular weight is 207 g/mol. The van der Waals surface area contributed by atoms with Gasteiger partial charge in [-0.1, -0.05) is 19.8 Å². The fraction of sp³-hybridized carbons (Fsp3) is 0.538. The van der Waals surface area contributed by atoms with E-state index in [4.69, 9.17) is 5.73 Å². The van der Waals surface area contributed by atoms with Crippen LogP contribution in [0.2, 0.25) is 0 Å².